The Kier molecular flexibility index (Phi) is 3.87. The summed E-state index contributed by atoms with van der Waals surface area (Å²) in [7, 11) is 0. The van der Waals surface area contributed by atoms with Crippen LogP contribution in [0.1, 0.15) is 13.8 Å². The molecule has 0 bridgehead atoms. The van der Waals surface area contributed by atoms with E-state index in [0.717, 1.165) is 6.20 Å². The summed E-state index contributed by atoms with van der Waals surface area (Å²) in [6.07, 6.45) is 0.772. The van der Waals surface area contributed by atoms with Crippen LogP contribution in [0.3, 0.4) is 0 Å². The lowest BCUT2D eigenvalue weighted by Gasteiger charge is -1.89. The van der Waals surface area contributed by atoms with Crippen molar-refractivity contribution in [1.82, 2.24) is 9.97 Å². The molecule has 0 saturated heterocycles. The van der Waals surface area contributed by atoms with E-state index in [1.165, 1.54) is 0 Å². The first kappa shape index (κ1) is 9.61. The fourth-order valence-corrected chi connectivity index (χ4v) is 0.392. The van der Waals surface area contributed by atoms with Crippen molar-refractivity contribution in [2.45, 2.75) is 13.8 Å². The second-order valence-corrected chi connectivity index (χ2v) is 1.45. The molecule has 1 rings (SSSR count). The number of nitrogens with two attached hydrogens (primary N) is 1. The molecule has 5 heteroatoms. The van der Waals surface area contributed by atoms with Crippen molar-refractivity contribution < 1.29 is 4.39 Å². The number of aromatic amines is 1. The highest BCUT2D eigenvalue weighted by molar-refractivity contribution is 5.25. The number of rotatable bonds is 0. The molecule has 62 valence electrons. The first-order valence-electron chi connectivity index (χ1n) is 3.20. The Balaban J connectivity index is 0.000000461. The second-order valence-electron chi connectivity index (χ2n) is 1.45. The number of anilines is 1. The van der Waals surface area contributed by atoms with Gasteiger partial charge in [-0.15, -0.1) is 0 Å². The molecule has 0 unspecified atom stereocenters. The molecule has 0 amide bonds. The molecule has 1 heterocycles. The Morgan fingerprint density at radius 2 is 2.18 bits per heavy atom. The first-order chi connectivity index (χ1) is 5.20. The summed E-state index contributed by atoms with van der Waals surface area (Å²) in [6.45, 7) is 4.00. The molecule has 0 aliphatic carbocycles. The molecule has 4 nitrogen and oxygen atoms in total. The van der Waals surface area contributed by atoms with E-state index >= 15 is 0 Å². The van der Waals surface area contributed by atoms with E-state index < -0.39 is 11.5 Å². The van der Waals surface area contributed by atoms with Crippen molar-refractivity contribution in [3.8, 4) is 0 Å². The van der Waals surface area contributed by atoms with Gasteiger partial charge in [0.05, 0.1) is 6.20 Å². The van der Waals surface area contributed by atoms with Crippen molar-refractivity contribution in [2.75, 3.05) is 5.73 Å². The summed E-state index contributed by atoms with van der Waals surface area (Å²) in [4.78, 5) is 15.3. The fourth-order valence-electron chi connectivity index (χ4n) is 0.392. The summed E-state index contributed by atoms with van der Waals surface area (Å²) in [6, 6.07) is 0. The standard InChI is InChI=1S/C4H4FN3O.C2H6/c5-2-1-7-4(9)8-3(2)6;1-2/h1H,(H3,6,7,8,9);1-2H3. The van der Waals surface area contributed by atoms with E-state index in [1.54, 1.807) is 0 Å². The van der Waals surface area contributed by atoms with Crippen molar-refractivity contribution in [2.24, 2.45) is 0 Å². The lowest BCUT2D eigenvalue weighted by Crippen LogP contribution is -2.12. The van der Waals surface area contributed by atoms with E-state index in [1.807, 2.05) is 18.8 Å². The van der Waals surface area contributed by atoms with Gasteiger partial charge in [-0.25, -0.2) is 9.18 Å². The van der Waals surface area contributed by atoms with Crippen molar-refractivity contribution in [3.05, 3.63) is 22.5 Å². The zero-order valence-electron chi connectivity index (χ0n) is 6.39. The Morgan fingerprint density at radius 3 is 2.55 bits per heavy atom. The molecular formula is C6H10FN3O. The Hall–Kier alpha value is -1.39. The Bertz CT molecular complexity index is 271. The number of aromatic nitrogens is 2. The molecule has 0 saturated carbocycles. The fraction of sp³-hybridized carbons (Fsp3) is 0.333. The predicted octanol–water partition coefficient (Wildman–Crippen LogP) is 0.517. The van der Waals surface area contributed by atoms with Gasteiger partial charge in [0.25, 0.3) is 0 Å². The van der Waals surface area contributed by atoms with Gasteiger partial charge >= 0.3 is 5.69 Å². The zero-order valence-corrected chi connectivity index (χ0v) is 6.39. The van der Waals surface area contributed by atoms with Gasteiger partial charge in [0.1, 0.15) is 5.82 Å². The Morgan fingerprint density at radius 1 is 1.64 bits per heavy atom. The lowest BCUT2D eigenvalue weighted by molar-refractivity contribution is 0.617. The molecule has 3 N–H and O–H groups in total. The smallest absolute Gasteiger partial charge is 0.346 e. The molecule has 0 atom stereocenters. The van der Waals surface area contributed by atoms with Crippen LogP contribution in [0.25, 0.3) is 0 Å². The maximum Gasteiger partial charge on any atom is 0.346 e. The number of nitrogens with one attached hydrogen (secondary N) is 1. The quantitative estimate of drug-likeness (QED) is 0.579. The highest BCUT2D eigenvalue weighted by Gasteiger charge is 1.95. The van der Waals surface area contributed by atoms with Gasteiger partial charge in [0, 0.05) is 0 Å². The van der Waals surface area contributed by atoms with Crippen LogP contribution < -0.4 is 11.4 Å². The second kappa shape index (κ2) is 4.43. The van der Waals surface area contributed by atoms with Gasteiger partial charge in [0.15, 0.2) is 5.82 Å². The molecule has 1 aromatic rings. The molecule has 0 aliphatic heterocycles. The number of hydrogen-bond acceptors (Lipinski definition) is 3. The van der Waals surface area contributed by atoms with Crippen LogP contribution in [-0.2, 0) is 0 Å². The minimum atomic E-state index is -0.713. The number of nitrogen functional groups attached to an aromatic ring is 1. The van der Waals surface area contributed by atoms with Gasteiger partial charge in [0.2, 0.25) is 0 Å². The molecule has 0 radical (unpaired) electrons. The van der Waals surface area contributed by atoms with Crippen molar-refractivity contribution in [3.63, 3.8) is 0 Å². The molecule has 0 aliphatic rings. The molecule has 1 aromatic heterocycles. The van der Waals surface area contributed by atoms with Gasteiger partial charge < -0.3 is 5.73 Å². The summed E-state index contributed by atoms with van der Waals surface area (Å²) in [5, 5.41) is 0. The molecule has 0 aromatic carbocycles. The number of H-pyrrole nitrogens is 1. The van der Waals surface area contributed by atoms with Gasteiger partial charge in [-0.2, -0.15) is 4.98 Å². The maximum absolute atomic E-state index is 12.1. The normalized spacial score (nSPS) is 8.27. The third-order valence-corrected chi connectivity index (χ3v) is 0.794. The SMILES string of the molecule is CC.Nc1[nH]c(=O)ncc1F. The van der Waals surface area contributed by atoms with Gasteiger partial charge in [-0.3, -0.25) is 4.98 Å². The van der Waals surface area contributed by atoms with Crippen LogP contribution in [0.5, 0.6) is 0 Å². The minimum Gasteiger partial charge on any atom is -0.383 e. The number of nitrogens with zero attached hydrogens (tertiary/aromatic N) is 1. The summed E-state index contributed by atoms with van der Waals surface area (Å²) in [5.41, 5.74) is 4.31. The highest BCUT2D eigenvalue weighted by Crippen LogP contribution is 1.96. The summed E-state index contributed by atoms with van der Waals surface area (Å²) in [5.74, 6) is -0.996. The van der Waals surface area contributed by atoms with Crippen LogP contribution in [0.2, 0.25) is 0 Å². The minimum absolute atomic E-state index is 0.282. The highest BCUT2D eigenvalue weighted by atomic mass is 19.1. The van der Waals surface area contributed by atoms with Crippen molar-refractivity contribution >= 4 is 5.82 Å². The third kappa shape index (κ3) is 2.79. The molecular weight excluding hydrogens is 149 g/mol. The average molecular weight is 159 g/mol. The molecule has 0 spiro atoms. The monoisotopic (exact) mass is 159 g/mol. The van der Waals surface area contributed by atoms with Crippen LogP contribution >= 0.6 is 0 Å². The van der Waals surface area contributed by atoms with Crippen LogP contribution in [-0.4, -0.2) is 9.97 Å². The third-order valence-electron chi connectivity index (χ3n) is 0.794. The van der Waals surface area contributed by atoms with Crippen molar-refractivity contribution in [1.29, 1.82) is 0 Å². The van der Waals surface area contributed by atoms with E-state index in [-0.39, 0.29) is 5.82 Å². The number of halogens is 1. The lowest BCUT2D eigenvalue weighted by atomic mass is 10.6. The van der Waals surface area contributed by atoms with Crippen LogP contribution in [0.4, 0.5) is 10.2 Å². The zero-order chi connectivity index (χ0) is 8.85. The van der Waals surface area contributed by atoms with E-state index in [9.17, 15) is 9.18 Å². The van der Waals surface area contributed by atoms with Crippen LogP contribution in [0.15, 0.2) is 11.0 Å². The molecule has 0 fully saturated rings. The van der Waals surface area contributed by atoms with Crippen LogP contribution in [0, 0.1) is 5.82 Å². The topological polar surface area (TPSA) is 71.8 Å². The van der Waals surface area contributed by atoms with E-state index in [4.69, 9.17) is 5.73 Å². The van der Waals surface area contributed by atoms with Gasteiger partial charge in [-0.05, 0) is 0 Å². The van der Waals surface area contributed by atoms with E-state index in [2.05, 4.69) is 4.98 Å². The summed E-state index contributed by atoms with van der Waals surface area (Å²) >= 11 is 0. The number of hydrogen-bond donors (Lipinski definition) is 2. The Labute approximate surface area is 63.3 Å². The van der Waals surface area contributed by atoms with E-state index in [0.29, 0.717) is 0 Å². The first-order valence-corrected chi connectivity index (χ1v) is 3.20. The van der Waals surface area contributed by atoms with Gasteiger partial charge in [-0.1, -0.05) is 13.8 Å². The largest absolute Gasteiger partial charge is 0.383 e. The molecule has 11 heavy (non-hydrogen) atoms. The predicted molar refractivity (Wildman–Crippen MR) is 40.6 cm³/mol. The summed E-state index contributed by atoms with van der Waals surface area (Å²) < 4.78 is 12.1. The average Bonchev–Trinajstić information content (AvgIpc) is 2.02. The maximum atomic E-state index is 12.1.